The summed E-state index contributed by atoms with van der Waals surface area (Å²) in [5.41, 5.74) is 1.69. The normalized spacial score (nSPS) is 10.2. The molecule has 0 aliphatic carbocycles. The van der Waals surface area contributed by atoms with Gasteiger partial charge in [0.05, 0.1) is 12.2 Å². The Bertz CT molecular complexity index is 362. The number of anilines is 1. The predicted molar refractivity (Wildman–Crippen MR) is 69.6 cm³/mol. The van der Waals surface area contributed by atoms with Crippen LogP contribution in [0, 0.1) is 13.8 Å². The largest absolute Gasteiger partial charge is 0.338 e. The number of aromatic nitrogens is 1. The number of likely N-dealkylation sites (N-methyl/N-ethyl adjacent to an activating group) is 1. The molecule has 0 unspecified atom stereocenters. The molecule has 1 aromatic heterocycles. The van der Waals surface area contributed by atoms with Crippen LogP contribution < -0.4 is 5.32 Å². The van der Waals surface area contributed by atoms with Crippen molar-refractivity contribution in [2.45, 2.75) is 27.7 Å². The molecule has 0 aliphatic rings. The summed E-state index contributed by atoms with van der Waals surface area (Å²) in [6.07, 6.45) is 0. The number of rotatable bonds is 5. The second kappa shape index (κ2) is 7.29. The first-order chi connectivity index (χ1) is 7.58. The van der Waals surface area contributed by atoms with Crippen molar-refractivity contribution in [1.82, 2.24) is 10.1 Å². The Morgan fingerprint density at radius 1 is 1.35 bits per heavy atom. The lowest BCUT2D eigenvalue weighted by Gasteiger charge is -2.16. The van der Waals surface area contributed by atoms with Crippen LogP contribution in [0.3, 0.4) is 0 Å². The van der Waals surface area contributed by atoms with E-state index in [0.717, 1.165) is 24.3 Å². The molecule has 0 aliphatic heterocycles. The first-order valence-electron chi connectivity index (χ1n) is 5.53. The number of hydrogen-bond acceptors (Lipinski definition) is 4. The van der Waals surface area contributed by atoms with Gasteiger partial charge in [-0.1, -0.05) is 19.0 Å². The van der Waals surface area contributed by atoms with Crippen LogP contribution in [0.1, 0.15) is 25.1 Å². The van der Waals surface area contributed by atoms with Gasteiger partial charge in [-0.3, -0.25) is 15.0 Å². The lowest BCUT2D eigenvalue weighted by molar-refractivity contribution is -0.117. The lowest BCUT2D eigenvalue weighted by atomic mass is 10.3. The van der Waals surface area contributed by atoms with Crippen LogP contribution in [-0.2, 0) is 4.79 Å². The molecule has 6 heteroatoms. The summed E-state index contributed by atoms with van der Waals surface area (Å²) in [4.78, 5) is 13.7. The lowest BCUT2D eigenvalue weighted by Crippen LogP contribution is -2.32. The van der Waals surface area contributed by atoms with E-state index in [4.69, 9.17) is 4.52 Å². The Morgan fingerprint density at radius 2 is 1.94 bits per heavy atom. The molecule has 98 valence electrons. The number of carbonyl (C=O) groups is 1. The van der Waals surface area contributed by atoms with Gasteiger partial charge in [0.2, 0.25) is 11.8 Å². The molecule has 17 heavy (non-hydrogen) atoms. The smallest absolute Gasteiger partial charge is 0.240 e. The molecule has 0 saturated heterocycles. The molecule has 1 aromatic rings. The van der Waals surface area contributed by atoms with Gasteiger partial charge in [-0.2, -0.15) is 0 Å². The van der Waals surface area contributed by atoms with Gasteiger partial charge in [-0.05, 0) is 26.9 Å². The Labute approximate surface area is 108 Å². The molecule has 0 spiro atoms. The van der Waals surface area contributed by atoms with Crippen molar-refractivity contribution in [1.29, 1.82) is 0 Å². The molecule has 0 aromatic carbocycles. The van der Waals surface area contributed by atoms with Crippen LogP contribution in [0.2, 0.25) is 0 Å². The zero-order valence-corrected chi connectivity index (χ0v) is 11.6. The van der Waals surface area contributed by atoms with E-state index in [-0.39, 0.29) is 18.3 Å². The van der Waals surface area contributed by atoms with Gasteiger partial charge in [-0.15, -0.1) is 12.4 Å². The van der Waals surface area contributed by atoms with Crippen molar-refractivity contribution in [3.05, 3.63) is 11.3 Å². The predicted octanol–water partition coefficient (Wildman–Crippen LogP) is 1.99. The molecule has 5 nitrogen and oxygen atoms in total. The van der Waals surface area contributed by atoms with Gasteiger partial charge in [0.25, 0.3) is 0 Å². The SMILES string of the molecule is CCN(CC)CC(=O)Nc1onc(C)c1C.Cl. The van der Waals surface area contributed by atoms with E-state index in [9.17, 15) is 4.79 Å². The van der Waals surface area contributed by atoms with E-state index < -0.39 is 0 Å². The number of carbonyl (C=O) groups excluding carboxylic acids is 1. The van der Waals surface area contributed by atoms with E-state index in [1.54, 1.807) is 0 Å². The number of nitrogens with one attached hydrogen (secondary N) is 1. The fourth-order valence-electron chi connectivity index (χ4n) is 1.35. The standard InChI is InChI=1S/C11H19N3O2.ClH/c1-5-14(6-2)7-10(15)12-11-8(3)9(4)13-16-11;/h5-7H2,1-4H3,(H,12,15);1H. The van der Waals surface area contributed by atoms with Crippen LogP contribution in [-0.4, -0.2) is 35.6 Å². The monoisotopic (exact) mass is 261 g/mol. The van der Waals surface area contributed by atoms with Crippen LogP contribution in [0.15, 0.2) is 4.52 Å². The van der Waals surface area contributed by atoms with Gasteiger partial charge in [-0.25, -0.2) is 0 Å². The summed E-state index contributed by atoms with van der Waals surface area (Å²) in [6.45, 7) is 9.88. The third-order valence-corrected chi connectivity index (χ3v) is 2.67. The molecule has 1 rings (SSSR count). The summed E-state index contributed by atoms with van der Waals surface area (Å²) in [6, 6.07) is 0. The Morgan fingerprint density at radius 3 is 2.35 bits per heavy atom. The quantitative estimate of drug-likeness (QED) is 0.881. The van der Waals surface area contributed by atoms with Gasteiger partial charge in [0, 0.05) is 5.56 Å². The van der Waals surface area contributed by atoms with Crippen molar-refractivity contribution < 1.29 is 9.32 Å². The highest BCUT2D eigenvalue weighted by Gasteiger charge is 2.13. The molecule has 0 fully saturated rings. The molecule has 1 N–H and O–H groups in total. The van der Waals surface area contributed by atoms with Crippen molar-refractivity contribution in [2.24, 2.45) is 0 Å². The van der Waals surface area contributed by atoms with Crippen molar-refractivity contribution in [3.8, 4) is 0 Å². The number of hydrogen-bond donors (Lipinski definition) is 1. The molecular weight excluding hydrogens is 242 g/mol. The third kappa shape index (κ3) is 4.36. The zero-order valence-electron chi connectivity index (χ0n) is 10.7. The average Bonchev–Trinajstić information content (AvgIpc) is 2.58. The van der Waals surface area contributed by atoms with E-state index in [0.29, 0.717) is 12.4 Å². The summed E-state index contributed by atoms with van der Waals surface area (Å²) >= 11 is 0. The Kier molecular flexibility index (Phi) is 6.83. The number of aryl methyl sites for hydroxylation is 1. The highest BCUT2D eigenvalue weighted by atomic mass is 35.5. The maximum Gasteiger partial charge on any atom is 0.240 e. The molecular formula is C11H20ClN3O2. The maximum absolute atomic E-state index is 11.7. The second-order valence-electron chi connectivity index (χ2n) is 3.73. The molecule has 0 atom stereocenters. The molecule has 1 heterocycles. The van der Waals surface area contributed by atoms with Crippen molar-refractivity contribution in [3.63, 3.8) is 0 Å². The van der Waals surface area contributed by atoms with Gasteiger partial charge in [0.15, 0.2) is 0 Å². The minimum Gasteiger partial charge on any atom is -0.338 e. The molecule has 1 amide bonds. The zero-order chi connectivity index (χ0) is 12.1. The summed E-state index contributed by atoms with van der Waals surface area (Å²) in [5.74, 6) is 0.387. The van der Waals surface area contributed by atoms with Crippen molar-refractivity contribution >= 4 is 24.2 Å². The Balaban J connectivity index is 0.00000256. The van der Waals surface area contributed by atoms with Crippen molar-refractivity contribution in [2.75, 3.05) is 25.0 Å². The topological polar surface area (TPSA) is 58.4 Å². The molecule has 0 saturated carbocycles. The molecule has 0 bridgehead atoms. The number of nitrogens with zero attached hydrogens (tertiary/aromatic N) is 2. The summed E-state index contributed by atoms with van der Waals surface area (Å²) in [7, 11) is 0. The highest BCUT2D eigenvalue weighted by Crippen LogP contribution is 2.16. The van der Waals surface area contributed by atoms with E-state index in [2.05, 4.69) is 10.5 Å². The third-order valence-electron chi connectivity index (χ3n) is 2.67. The number of halogens is 1. The summed E-state index contributed by atoms with van der Waals surface area (Å²) in [5, 5.41) is 6.51. The average molecular weight is 262 g/mol. The second-order valence-corrected chi connectivity index (χ2v) is 3.73. The first-order valence-corrected chi connectivity index (χ1v) is 5.53. The van der Waals surface area contributed by atoms with Gasteiger partial charge in [0.1, 0.15) is 0 Å². The highest BCUT2D eigenvalue weighted by molar-refractivity contribution is 5.91. The molecule has 0 radical (unpaired) electrons. The maximum atomic E-state index is 11.7. The minimum absolute atomic E-state index is 0. The van der Waals surface area contributed by atoms with E-state index in [1.165, 1.54) is 0 Å². The fraction of sp³-hybridized carbons (Fsp3) is 0.636. The number of amides is 1. The van der Waals surface area contributed by atoms with Crippen LogP contribution in [0.4, 0.5) is 5.88 Å². The van der Waals surface area contributed by atoms with Crippen LogP contribution in [0.5, 0.6) is 0 Å². The first kappa shape index (κ1) is 15.9. The Hall–Kier alpha value is -1.07. The van der Waals surface area contributed by atoms with Crippen LogP contribution in [0.25, 0.3) is 0 Å². The fourth-order valence-corrected chi connectivity index (χ4v) is 1.35. The van der Waals surface area contributed by atoms with E-state index >= 15 is 0 Å². The van der Waals surface area contributed by atoms with E-state index in [1.807, 2.05) is 32.6 Å². The summed E-state index contributed by atoms with van der Waals surface area (Å²) < 4.78 is 5.01. The van der Waals surface area contributed by atoms with Gasteiger partial charge >= 0.3 is 0 Å². The van der Waals surface area contributed by atoms with Crippen LogP contribution >= 0.6 is 12.4 Å². The minimum atomic E-state index is -0.0667. The van der Waals surface area contributed by atoms with Gasteiger partial charge < -0.3 is 4.52 Å².